The summed E-state index contributed by atoms with van der Waals surface area (Å²) in [5.41, 5.74) is -0.517. The fraction of sp³-hybridized carbons (Fsp3) is 0.462. The van der Waals surface area contributed by atoms with Crippen LogP contribution in [-0.4, -0.2) is 51.7 Å². The van der Waals surface area contributed by atoms with Crippen molar-refractivity contribution < 1.29 is 31.1 Å². The van der Waals surface area contributed by atoms with Crippen molar-refractivity contribution in [2.24, 2.45) is 0 Å². The number of carbonyl (C=O) groups excluding carboxylic acids is 1. The Labute approximate surface area is 132 Å². The minimum Gasteiger partial charge on any atom is -0.383 e. The van der Waals surface area contributed by atoms with E-state index in [1.54, 1.807) is 0 Å². The number of benzene rings is 1. The SMILES string of the molecule is COCCN(CCC(=O)Nc1ccc(F)c(F)c1F)S(C)(=O)=O. The Balaban J connectivity index is 2.68. The highest BCUT2D eigenvalue weighted by Gasteiger charge is 2.19. The first kappa shape index (κ1) is 19.4. The lowest BCUT2D eigenvalue weighted by Gasteiger charge is -2.19. The monoisotopic (exact) mass is 354 g/mol. The molecule has 0 atom stereocenters. The molecule has 1 aromatic carbocycles. The molecule has 0 saturated heterocycles. The molecular weight excluding hydrogens is 337 g/mol. The highest BCUT2D eigenvalue weighted by atomic mass is 32.2. The summed E-state index contributed by atoms with van der Waals surface area (Å²) in [6.45, 7) is 0.0496. The van der Waals surface area contributed by atoms with E-state index >= 15 is 0 Å². The van der Waals surface area contributed by atoms with E-state index in [0.717, 1.165) is 16.6 Å². The van der Waals surface area contributed by atoms with Gasteiger partial charge in [-0.3, -0.25) is 4.79 Å². The van der Waals surface area contributed by atoms with Crippen LogP contribution < -0.4 is 5.32 Å². The second kappa shape index (κ2) is 8.27. The molecule has 10 heteroatoms. The van der Waals surface area contributed by atoms with Crippen molar-refractivity contribution in [2.45, 2.75) is 6.42 Å². The minimum atomic E-state index is -3.54. The van der Waals surface area contributed by atoms with Crippen molar-refractivity contribution >= 4 is 21.6 Å². The second-order valence-corrected chi connectivity index (χ2v) is 6.66. The number of amides is 1. The average Bonchev–Trinajstić information content (AvgIpc) is 2.46. The van der Waals surface area contributed by atoms with Crippen LogP contribution in [0.3, 0.4) is 0 Å². The molecule has 23 heavy (non-hydrogen) atoms. The maximum Gasteiger partial charge on any atom is 0.225 e. The molecule has 0 radical (unpaired) electrons. The zero-order valence-corrected chi connectivity index (χ0v) is 13.4. The van der Waals surface area contributed by atoms with Gasteiger partial charge in [0.2, 0.25) is 15.9 Å². The molecule has 0 bridgehead atoms. The summed E-state index contributed by atoms with van der Waals surface area (Å²) in [4.78, 5) is 11.7. The lowest BCUT2D eigenvalue weighted by atomic mass is 10.2. The maximum atomic E-state index is 13.4. The van der Waals surface area contributed by atoms with Gasteiger partial charge in [-0.05, 0) is 12.1 Å². The third-order valence-corrected chi connectivity index (χ3v) is 4.21. The van der Waals surface area contributed by atoms with Crippen molar-refractivity contribution in [3.8, 4) is 0 Å². The minimum absolute atomic E-state index is 0.0577. The molecule has 1 N–H and O–H groups in total. The largest absolute Gasteiger partial charge is 0.383 e. The van der Waals surface area contributed by atoms with Crippen LogP contribution in [0.2, 0.25) is 0 Å². The van der Waals surface area contributed by atoms with Crippen LogP contribution in [0, 0.1) is 17.5 Å². The predicted octanol–water partition coefficient (Wildman–Crippen LogP) is 1.34. The van der Waals surface area contributed by atoms with Crippen LogP contribution in [0.25, 0.3) is 0 Å². The molecule has 0 unspecified atom stereocenters. The molecule has 0 saturated carbocycles. The van der Waals surface area contributed by atoms with E-state index in [2.05, 4.69) is 5.32 Å². The highest BCUT2D eigenvalue weighted by molar-refractivity contribution is 7.88. The first-order chi connectivity index (χ1) is 10.7. The molecule has 0 aromatic heterocycles. The summed E-state index contributed by atoms with van der Waals surface area (Å²) in [6, 6.07) is 1.56. The highest BCUT2D eigenvalue weighted by Crippen LogP contribution is 2.19. The molecule has 0 fully saturated rings. The van der Waals surface area contributed by atoms with Gasteiger partial charge in [0.1, 0.15) is 0 Å². The van der Waals surface area contributed by atoms with Crippen LogP contribution in [0.15, 0.2) is 12.1 Å². The van der Waals surface area contributed by atoms with E-state index in [9.17, 15) is 26.4 Å². The number of rotatable bonds is 8. The molecule has 0 aliphatic heterocycles. The third kappa shape index (κ3) is 5.81. The number of hydrogen-bond acceptors (Lipinski definition) is 4. The number of methoxy groups -OCH3 is 1. The van der Waals surface area contributed by atoms with Crippen LogP contribution in [-0.2, 0) is 19.6 Å². The van der Waals surface area contributed by atoms with Gasteiger partial charge in [0.15, 0.2) is 17.5 Å². The van der Waals surface area contributed by atoms with Gasteiger partial charge in [0.25, 0.3) is 0 Å². The molecule has 0 aliphatic carbocycles. The predicted molar refractivity (Wildman–Crippen MR) is 77.9 cm³/mol. The summed E-state index contributed by atoms with van der Waals surface area (Å²) in [7, 11) is -2.13. The molecular formula is C13H17F3N2O4S. The fourth-order valence-corrected chi connectivity index (χ4v) is 2.53. The summed E-state index contributed by atoms with van der Waals surface area (Å²) < 4.78 is 68.1. The standard InChI is InChI=1S/C13H17F3N2O4S/c1-22-8-7-18(23(2,20)21)6-5-11(19)17-10-4-3-9(14)12(15)13(10)16/h3-4H,5-8H2,1-2H3,(H,17,19). The second-order valence-electron chi connectivity index (χ2n) is 4.68. The van der Waals surface area contributed by atoms with Crippen molar-refractivity contribution in [3.05, 3.63) is 29.6 Å². The first-order valence-electron chi connectivity index (χ1n) is 6.54. The Hall–Kier alpha value is -1.65. The number of nitrogens with zero attached hydrogens (tertiary/aromatic N) is 1. The number of halogens is 3. The zero-order valence-electron chi connectivity index (χ0n) is 12.6. The summed E-state index contributed by atoms with van der Waals surface area (Å²) in [5.74, 6) is -5.32. The smallest absolute Gasteiger partial charge is 0.225 e. The quantitative estimate of drug-likeness (QED) is 0.715. The van der Waals surface area contributed by atoms with Crippen LogP contribution in [0.4, 0.5) is 18.9 Å². The lowest BCUT2D eigenvalue weighted by Crippen LogP contribution is -2.35. The Kier molecular flexibility index (Phi) is 6.98. The number of anilines is 1. The molecule has 0 aliphatic rings. The van der Waals surface area contributed by atoms with E-state index in [-0.39, 0.29) is 26.1 Å². The molecule has 6 nitrogen and oxygen atoms in total. The third-order valence-electron chi connectivity index (χ3n) is 2.91. The van der Waals surface area contributed by atoms with Crippen LogP contribution >= 0.6 is 0 Å². The first-order valence-corrected chi connectivity index (χ1v) is 8.39. The Morgan fingerprint density at radius 3 is 2.43 bits per heavy atom. The summed E-state index contributed by atoms with van der Waals surface area (Å²) in [5, 5.41) is 2.07. The van der Waals surface area contributed by atoms with Crippen molar-refractivity contribution in [3.63, 3.8) is 0 Å². The molecule has 0 spiro atoms. The van der Waals surface area contributed by atoms with Crippen molar-refractivity contribution in [1.82, 2.24) is 4.31 Å². The average molecular weight is 354 g/mol. The van der Waals surface area contributed by atoms with Gasteiger partial charge in [-0.2, -0.15) is 4.31 Å². The van der Waals surface area contributed by atoms with Gasteiger partial charge >= 0.3 is 0 Å². The van der Waals surface area contributed by atoms with Gasteiger partial charge in [-0.1, -0.05) is 0 Å². The number of ether oxygens (including phenoxy) is 1. The topological polar surface area (TPSA) is 75.7 Å². The Morgan fingerprint density at radius 1 is 1.22 bits per heavy atom. The number of carbonyl (C=O) groups is 1. The molecule has 1 rings (SSSR count). The molecule has 1 amide bonds. The van der Waals surface area contributed by atoms with Crippen molar-refractivity contribution in [1.29, 1.82) is 0 Å². The Morgan fingerprint density at radius 2 is 1.87 bits per heavy atom. The number of hydrogen-bond donors (Lipinski definition) is 1. The van der Waals surface area contributed by atoms with Gasteiger partial charge in [-0.15, -0.1) is 0 Å². The Bertz CT molecular complexity index is 667. The normalized spacial score (nSPS) is 11.7. The maximum absolute atomic E-state index is 13.4. The van der Waals surface area contributed by atoms with E-state index in [0.29, 0.717) is 6.07 Å². The molecule has 1 aromatic rings. The van der Waals surface area contributed by atoms with E-state index < -0.39 is 39.1 Å². The van der Waals surface area contributed by atoms with Gasteiger partial charge in [0.05, 0.1) is 18.6 Å². The fourth-order valence-electron chi connectivity index (χ4n) is 1.70. The van der Waals surface area contributed by atoms with Crippen molar-refractivity contribution in [2.75, 3.05) is 38.4 Å². The van der Waals surface area contributed by atoms with E-state index in [1.807, 2.05) is 0 Å². The summed E-state index contributed by atoms with van der Waals surface area (Å²) in [6.07, 6.45) is 0.699. The number of nitrogens with one attached hydrogen (secondary N) is 1. The number of sulfonamides is 1. The van der Waals surface area contributed by atoms with Gasteiger partial charge < -0.3 is 10.1 Å². The van der Waals surface area contributed by atoms with E-state index in [4.69, 9.17) is 4.74 Å². The van der Waals surface area contributed by atoms with Gasteiger partial charge in [-0.25, -0.2) is 21.6 Å². The lowest BCUT2D eigenvalue weighted by molar-refractivity contribution is -0.116. The molecule has 0 heterocycles. The van der Waals surface area contributed by atoms with Crippen LogP contribution in [0.5, 0.6) is 0 Å². The van der Waals surface area contributed by atoms with E-state index in [1.165, 1.54) is 7.11 Å². The summed E-state index contributed by atoms with van der Waals surface area (Å²) >= 11 is 0. The van der Waals surface area contributed by atoms with Gasteiger partial charge in [0, 0.05) is 26.6 Å². The van der Waals surface area contributed by atoms with Crippen LogP contribution in [0.1, 0.15) is 6.42 Å². The molecule has 130 valence electrons. The zero-order chi connectivity index (χ0) is 17.6.